The van der Waals surface area contributed by atoms with E-state index in [0.29, 0.717) is 38.6 Å². The van der Waals surface area contributed by atoms with Gasteiger partial charge in [0, 0.05) is 31.9 Å². The summed E-state index contributed by atoms with van der Waals surface area (Å²) in [7, 11) is -3.88. The highest BCUT2D eigenvalue weighted by Gasteiger charge is 2.29. The summed E-state index contributed by atoms with van der Waals surface area (Å²) in [5, 5.41) is 5.44. The van der Waals surface area contributed by atoms with Crippen molar-refractivity contribution in [3.05, 3.63) is 29.8 Å². The zero-order valence-corrected chi connectivity index (χ0v) is 15.2. The number of nitrogens with one attached hydrogen (secondary N) is 3. The maximum absolute atomic E-state index is 12.5. The lowest BCUT2D eigenvalue weighted by molar-refractivity contribution is -0.120. The van der Waals surface area contributed by atoms with Crippen LogP contribution in [-0.2, 0) is 19.6 Å². The van der Waals surface area contributed by atoms with Crippen LogP contribution in [0.25, 0.3) is 0 Å². The second-order valence-corrected chi connectivity index (χ2v) is 8.26. The van der Waals surface area contributed by atoms with E-state index in [-0.39, 0.29) is 22.3 Å². The minimum Gasteiger partial charge on any atom is -0.381 e. The number of hydrogen-bond acceptors (Lipinski definition) is 5. The molecule has 0 saturated carbocycles. The smallest absolute Gasteiger partial charge is 0.251 e. The second-order valence-electron chi connectivity index (χ2n) is 6.55. The molecule has 1 unspecified atom stereocenters. The van der Waals surface area contributed by atoms with Crippen molar-refractivity contribution in [2.75, 3.05) is 26.3 Å². The fourth-order valence-corrected chi connectivity index (χ4v) is 4.33. The van der Waals surface area contributed by atoms with Crippen molar-refractivity contribution in [3.63, 3.8) is 0 Å². The number of rotatable bonds is 6. The van der Waals surface area contributed by atoms with Crippen molar-refractivity contribution in [1.29, 1.82) is 0 Å². The molecule has 0 aliphatic carbocycles. The van der Waals surface area contributed by atoms with Crippen molar-refractivity contribution < 1.29 is 22.7 Å². The number of hydrogen-bond donors (Lipinski definition) is 3. The minimum absolute atomic E-state index is 0.0316. The molecule has 142 valence electrons. The average Bonchev–Trinajstić information content (AvgIpc) is 3.05. The van der Waals surface area contributed by atoms with Crippen LogP contribution in [0.1, 0.15) is 29.6 Å². The number of carbonyl (C=O) groups excluding carboxylic acids is 2. The molecule has 3 rings (SSSR count). The molecule has 2 fully saturated rings. The molecule has 8 nitrogen and oxygen atoms in total. The number of amides is 2. The first-order valence-electron chi connectivity index (χ1n) is 8.72. The first kappa shape index (κ1) is 18.8. The topological polar surface area (TPSA) is 114 Å². The summed E-state index contributed by atoms with van der Waals surface area (Å²) in [6.07, 6.45) is 2.22. The number of sulfonamides is 1. The van der Waals surface area contributed by atoms with Crippen molar-refractivity contribution in [1.82, 2.24) is 15.4 Å². The lowest BCUT2D eigenvalue weighted by Crippen LogP contribution is -2.40. The van der Waals surface area contributed by atoms with Crippen molar-refractivity contribution in [2.45, 2.75) is 30.2 Å². The first-order chi connectivity index (χ1) is 12.5. The summed E-state index contributed by atoms with van der Waals surface area (Å²) in [5.74, 6) is -0.270. The molecule has 2 aliphatic heterocycles. The van der Waals surface area contributed by atoms with E-state index >= 15 is 0 Å². The highest BCUT2D eigenvalue weighted by Crippen LogP contribution is 2.15. The van der Waals surface area contributed by atoms with E-state index in [4.69, 9.17) is 4.74 Å². The van der Waals surface area contributed by atoms with Crippen LogP contribution in [0.3, 0.4) is 0 Å². The van der Waals surface area contributed by atoms with Crippen LogP contribution in [0.4, 0.5) is 0 Å². The Bertz CT molecular complexity index is 774. The van der Waals surface area contributed by atoms with Gasteiger partial charge in [-0.3, -0.25) is 9.59 Å². The van der Waals surface area contributed by atoms with Gasteiger partial charge in [-0.05, 0) is 43.4 Å². The van der Waals surface area contributed by atoms with Crippen LogP contribution >= 0.6 is 0 Å². The van der Waals surface area contributed by atoms with Gasteiger partial charge >= 0.3 is 0 Å². The van der Waals surface area contributed by atoms with E-state index in [0.717, 1.165) is 12.8 Å². The van der Waals surface area contributed by atoms with Gasteiger partial charge in [0.15, 0.2) is 0 Å². The monoisotopic (exact) mass is 381 g/mol. The molecular weight excluding hydrogens is 358 g/mol. The van der Waals surface area contributed by atoms with E-state index in [1.165, 1.54) is 18.2 Å². The quantitative estimate of drug-likeness (QED) is 0.642. The van der Waals surface area contributed by atoms with Gasteiger partial charge < -0.3 is 15.4 Å². The number of ether oxygens (including phenoxy) is 1. The molecule has 1 atom stereocenters. The summed E-state index contributed by atoms with van der Waals surface area (Å²) in [5.41, 5.74) is 0.274. The van der Waals surface area contributed by atoms with Crippen LogP contribution in [0.15, 0.2) is 29.2 Å². The Hall–Kier alpha value is -1.97. The lowest BCUT2D eigenvalue weighted by Gasteiger charge is -2.22. The third kappa shape index (κ3) is 4.60. The molecule has 2 aliphatic rings. The molecule has 2 saturated heterocycles. The predicted octanol–water partition coefficient (Wildman–Crippen LogP) is 0.00980. The third-order valence-electron chi connectivity index (χ3n) is 4.64. The summed E-state index contributed by atoms with van der Waals surface area (Å²) in [6, 6.07) is 5.05. The lowest BCUT2D eigenvalue weighted by atomic mass is 10.0. The van der Waals surface area contributed by atoms with Crippen molar-refractivity contribution in [3.8, 4) is 0 Å². The fraction of sp³-hybridized carbons (Fsp3) is 0.529. The molecule has 0 spiro atoms. The highest BCUT2D eigenvalue weighted by molar-refractivity contribution is 7.89. The molecule has 0 radical (unpaired) electrons. The Morgan fingerprint density at radius 3 is 2.69 bits per heavy atom. The Morgan fingerprint density at radius 1 is 1.23 bits per heavy atom. The summed E-state index contributed by atoms with van der Waals surface area (Å²) >= 11 is 0. The van der Waals surface area contributed by atoms with Crippen LogP contribution in [0, 0.1) is 5.92 Å². The minimum atomic E-state index is -3.88. The standard InChI is InChI=1S/C17H23N3O5S/c21-16(19-11-12-5-8-25-9-6-12)13-2-1-3-14(10-13)26(23,24)20-15-4-7-18-17(15)22/h1-3,10,12,15,20H,4-9,11H2,(H,18,22)(H,19,21). The molecule has 0 bridgehead atoms. The number of carbonyl (C=O) groups is 2. The largest absolute Gasteiger partial charge is 0.381 e. The van der Waals surface area contributed by atoms with Gasteiger partial charge in [0.05, 0.1) is 4.90 Å². The van der Waals surface area contributed by atoms with E-state index in [9.17, 15) is 18.0 Å². The van der Waals surface area contributed by atoms with Gasteiger partial charge in [0.25, 0.3) is 5.91 Å². The van der Waals surface area contributed by atoms with Gasteiger partial charge in [-0.15, -0.1) is 0 Å². The summed E-state index contributed by atoms with van der Waals surface area (Å²) in [4.78, 5) is 23.9. The molecule has 26 heavy (non-hydrogen) atoms. The van der Waals surface area contributed by atoms with E-state index in [2.05, 4.69) is 15.4 Å². The zero-order valence-electron chi connectivity index (χ0n) is 14.4. The zero-order chi connectivity index (χ0) is 18.6. The second kappa shape index (κ2) is 8.15. The van der Waals surface area contributed by atoms with Gasteiger partial charge in [-0.25, -0.2) is 8.42 Å². The average molecular weight is 381 g/mol. The fourth-order valence-electron chi connectivity index (χ4n) is 3.06. The normalized spacial score (nSPS) is 21.4. The van der Waals surface area contributed by atoms with Gasteiger partial charge in [0.2, 0.25) is 15.9 Å². The van der Waals surface area contributed by atoms with Crippen molar-refractivity contribution in [2.24, 2.45) is 5.92 Å². The maximum Gasteiger partial charge on any atom is 0.251 e. The van der Waals surface area contributed by atoms with E-state index < -0.39 is 16.1 Å². The third-order valence-corrected chi connectivity index (χ3v) is 6.11. The highest BCUT2D eigenvalue weighted by atomic mass is 32.2. The van der Waals surface area contributed by atoms with Gasteiger partial charge in [0.1, 0.15) is 6.04 Å². The van der Waals surface area contributed by atoms with Crippen LogP contribution in [0.2, 0.25) is 0 Å². The molecule has 3 N–H and O–H groups in total. The van der Waals surface area contributed by atoms with Crippen molar-refractivity contribution >= 4 is 21.8 Å². The molecule has 0 aromatic heterocycles. The van der Waals surface area contributed by atoms with E-state index in [1.54, 1.807) is 6.07 Å². The SMILES string of the molecule is O=C(NCC1CCOCC1)c1cccc(S(=O)(=O)NC2CCNC2=O)c1. The molecule has 9 heteroatoms. The Labute approximate surface area is 152 Å². The van der Waals surface area contributed by atoms with Crippen LogP contribution in [-0.4, -0.2) is 52.6 Å². The van der Waals surface area contributed by atoms with E-state index in [1.807, 2.05) is 0 Å². The van der Waals surface area contributed by atoms with Gasteiger partial charge in [-0.2, -0.15) is 4.72 Å². The summed E-state index contributed by atoms with van der Waals surface area (Å²) in [6.45, 7) is 2.39. The van der Waals surface area contributed by atoms with Gasteiger partial charge in [-0.1, -0.05) is 6.07 Å². The molecule has 2 amide bonds. The van der Waals surface area contributed by atoms with Crippen LogP contribution in [0.5, 0.6) is 0 Å². The Morgan fingerprint density at radius 2 is 2.00 bits per heavy atom. The molecule has 2 heterocycles. The predicted molar refractivity (Wildman–Crippen MR) is 94.1 cm³/mol. The summed E-state index contributed by atoms with van der Waals surface area (Å²) < 4.78 is 32.6. The van der Waals surface area contributed by atoms with Crippen LogP contribution < -0.4 is 15.4 Å². The molecular formula is C17H23N3O5S. The molecule has 1 aromatic rings. The first-order valence-corrected chi connectivity index (χ1v) is 10.2. The molecule has 1 aromatic carbocycles. The Balaban J connectivity index is 1.64. The maximum atomic E-state index is 12.5. The number of benzene rings is 1. The Kier molecular flexibility index (Phi) is 5.90.